The number of rotatable bonds is 5. The number of benzene rings is 1. The number of phenols is 1. The van der Waals surface area contributed by atoms with Crippen LogP contribution in [0.2, 0.25) is 0 Å². The summed E-state index contributed by atoms with van der Waals surface area (Å²) in [5.74, 6) is -1.60. The van der Waals surface area contributed by atoms with Gasteiger partial charge in [-0.2, -0.15) is 0 Å². The average molecular weight is 336 g/mol. The number of hydrogen-bond acceptors (Lipinski definition) is 6. The molecule has 0 aromatic heterocycles. The summed E-state index contributed by atoms with van der Waals surface area (Å²) >= 11 is 6.21. The highest BCUT2D eigenvalue weighted by molar-refractivity contribution is 8.26. The molecule has 2 rings (SSSR count). The van der Waals surface area contributed by atoms with Crippen LogP contribution < -0.4 is 5.11 Å². The van der Waals surface area contributed by atoms with Crippen molar-refractivity contribution in [1.29, 1.82) is 0 Å². The minimum atomic E-state index is -1.30. The Balaban J connectivity index is 2.27. The van der Waals surface area contributed by atoms with E-state index in [0.717, 1.165) is 22.2 Å². The molecule has 1 aliphatic heterocycles. The van der Waals surface area contributed by atoms with Crippen molar-refractivity contribution in [2.24, 2.45) is 0 Å². The summed E-state index contributed by atoms with van der Waals surface area (Å²) in [6, 6.07) is 5.29. The number of carboxylic acids is 1. The second-order valence-electron chi connectivity index (χ2n) is 4.77. The maximum Gasteiger partial charge on any atom is 0.266 e. The van der Waals surface area contributed by atoms with E-state index >= 15 is 0 Å². The van der Waals surface area contributed by atoms with Crippen LogP contribution in [0.15, 0.2) is 29.2 Å². The van der Waals surface area contributed by atoms with Crippen molar-refractivity contribution in [3.05, 3.63) is 34.7 Å². The highest BCUT2D eigenvalue weighted by atomic mass is 32.2. The van der Waals surface area contributed by atoms with Crippen LogP contribution in [-0.4, -0.2) is 32.2 Å². The lowest BCUT2D eigenvalue weighted by Crippen LogP contribution is -2.49. The van der Waals surface area contributed by atoms with Crippen molar-refractivity contribution < 1.29 is 19.8 Å². The molecular formula is C15H14NO4S2-. The maximum atomic E-state index is 12.4. The van der Waals surface area contributed by atoms with Gasteiger partial charge in [-0.15, -0.1) is 0 Å². The number of thioether (sulfide) groups is 1. The molecule has 1 amide bonds. The molecule has 1 atom stereocenters. The Bertz CT molecular complexity index is 639. The molecule has 1 unspecified atom stereocenters. The van der Waals surface area contributed by atoms with Gasteiger partial charge < -0.3 is 15.0 Å². The van der Waals surface area contributed by atoms with E-state index in [1.54, 1.807) is 18.2 Å². The Hall–Kier alpha value is -1.86. The molecule has 0 saturated carbocycles. The summed E-state index contributed by atoms with van der Waals surface area (Å²) in [6.07, 6.45) is 2.52. The lowest BCUT2D eigenvalue weighted by atomic mass is 10.1. The Morgan fingerprint density at radius 1 is 1.45 bits per heavy atom. The van der Waals surface area contributed by atoms with Gasteiger partial charge in [0.1, 0.15) is 10.1 Å². The number of aromatic hydroxyl groups is 1. The summed E-state index contributed by atoms with van der Waals surface area (Å²) in [4.78, 5) is 25.1. The van der Waals surface area contributed by atoms with Gasteiger partial charge in [-0.25, -0.2) is 0 Å². The zero-order valence-electron chi connectivity index (χ0n) is 11.8. The Kier molecular flexibility index (Phi) is 5.20. The van der Waals surface area contributed by atoms with Crippen LogP contribution in [0.25, 0.3) is 6.08 Å². The summed E-state index contributed by atoms with van der Waals surface area (Å²) in [6.45, 7) is 1.83. The van der Waals surface area contributed by atoms with Crippen LogP contribution in [0.3, 0.4) is 0 Å². The maximum absolute atomic E-state index is 12.4. The van der Waals surface area contributed by atoms with Gasteiger partial charge in [0.25, 0.3) is 5.91 Å². The van der Waals surface area contributed by atoms with Gasteiger partial charge in [0.05, 0.1) is 16.9 Å². The quantitative estimate of drug-likeness (QED) is 0.648. The molecular weight excluding hydrogens is 322 g/mol. The van der Waals surface area contributed by atoms with Gasteiger partial charge >= 0.3 is 0 Å². The van der Waals surface area contributed by atoms with Crippen molar-refractivity contribution in [1.82, 2.24) is 4.90 Å². The molecule has 1 saturated heterocycles. The first kappa shape index (κ1) is 16.5. The molecule has 1 fully saturated rings. The van der Waals surface area contributed by atoms with Gasteiger partial charge in [-0.3, -0.25) is 9.69 Å². The number of carbonyl (C=O) groups excluding carboxylic acids is 2. The van der Waals surface area contributed by atoms with Gasteiger partial charge in [-0.05, 0) is 30.2 Å². The summed E-state index contributed by atoms with van der Waals surface area (Å²) in [7, 11) is 0. The van der Waals surface area contributed by atoms with E-state index in [1.807, 2.05) is 6.92 Å². The Morgan fingerprint density at radius 3 is 2.64 bits per heavy atom. The highest BCUT2D eigenvalue weighted by Gasteiger charge is 2.37. The Morgan fingerprint density at radius 2 is 2.09 bits per heavy atom. The predicted molar refractivity (Wildman–Crippen MR) is 86.8 cm³/mol. The zero-order valence-corrected chi connectivity index (χ0v) is 13.4. The van der Waals surface area contributed by atoms with E-state index in [1.165, 1.54) is 12.1 Å². The molecule has 1 aliphatic rings. The van der Waals surface area contributed by atoms with Crippen LogP contribution in [0, 0.1) is 0 Å². The third-order valence-corrected chi connectivity index (χ3v) is 4.49. The van der Waals surface area contributed by atoms with Gasteiger partial charge in [0, 0.05) is 0 Å². The smallest absolute Gasteiger partial charge is 0.266 e. The first-order chi connectivity index (χ1) is 10.4. The molecule has 0 radical (unpaired) electrons. The van der Waals surface area contributed by atoms with Gasteiger partial charge in [-0.1, -0.05) is 49.5 Å². The fourth-order valence-electron chi connectivity index (χ4n) is 2.10. The molecule has 116 valence electrons. The number of aliphatic carboxylic acids is 1. The molecule has 7 heteroatoms. The summed E-state index contributed by atoms with van der Waals surface area (Å²) in [5, 5.41) is 20.5. The van der Waals surface area contributed by atoms with Gasteiger partial charge in [0.2, 0.25) is 0 Å². The number of nitrogens with zero attached hydrogens (tertiary/aromatic N) is 1. The number of carboxylic acid groups (broad SMARTS) is 1. The minimum Gasteiger partial charge on any atom is -0.548 e. The summed E-state index contributed by atoms with van der Waals surface area (Å²) < 4.78 is 0.220. The molecule has 1 aromatic carbocycles. The van der Waals surface area contributed by atoms with Crippen LogP contribution >= 0.6 is 24.0 Å². The SMILES string of the molecule is CCCC(C(=O)[O-])N1C(=O)C(=Cc2ccc(O)cc2)SC1=S. The molecule has 1 N–H and O–H groups in total. The van der Waals surface area contributed by atoms with Crippen molar-refractivity contribution in [3.8, 4) is 5.75 Å². The lowest BCUT2D eigenvalue weighted by Gasteiger charge is -2.27. The van der Waals surface area contributed by atoms with Crippen LogP contribution in [0.5, 0.6) is 5.75 Å². The largest absolute Gasteiger partial charge is 0.548 e. The topological polar surface area (TPSA) is 80.7 Å². The molecule has 5 nitrogen and oxygen atoms in total. The van der Waals surface area contributed by atoms with Crippen molar-refractivity contribution >= 4 is 46.3 Å². The molecule has 0 spiro atoms. The predicted octanol–water partition coefficient (Wildman–Crippen LogP) is 1.51. The second kappa shape index (κ2) is 6.93. The van der Waals surface area contributed by atoms with Crippen molar-refractivity contribution in [3.63, 3.8) is 0 Å². The van der Waals surface area contributed by atoms with Crippen LogP contribution in [-0.2, 0) is 9.59 Å². The third kappa shape index (κ3) is 3.48. The fourth-order valence-corrected chi connectivity index (χ4v) is 3.45. The second-order valence-corrected chi connectivity index (χ2v) is 6.44. The van der Waals surface area contributed by atoms with E-state index in [-0.39, 0.29) is 10.1 Å². The van der Waals surface area contributed by atoms with Gasteiger partial charge in [0.15, 0.2) is 0 Å². The highest BCUT2D eigenvalue weighted by Crippen LogP contribution is 2.34. The molecule has 22 heavy (non-hydrogen) atoms. The Labute approximate surface area is 137 Å². The number of carbonyl (C=O) groups is 2. The van der Waals surface area contributed by atoms with Crippen LogP contribution in [0.4, 0.5) is 0 Å². The number of phenolic OH excluding ortho intramolecular Hbond substituents is 1. The van der Waals surface area contributed by atoms with E-state index < -0.39 is 17.9 Å². The van der Waals surface area contributed by atoms with Crippen molar-refractivity contribution in [2.75, 3.05) is 0 Å². The molecule has 1 heterocycles. The van der Waals surface area contributed by atoms with E-state index in [4.69, 9.17) is 12.2 Å². The van der Waals surface area contributed by atoms with E-state index in [0.29, 0.717) is 17.7 Å². The zero-order chi connectivity index (χ0) is 16.3. The average Bonchev–Trinajstić information content (AvgIpc) is 2.73. The van der Waals surface area contributed by atoms with E-state index in [9.17, 15) is 19.8 Å². The number of thiocarbonyl (C=S) groups is 1. The summed E-state index contributed by atoms with van der Waals surface area (Å²) in [5.41, 5.74) is 0.721. The first-order valence-electron chi connectivity index (χ1n) is 6.71. The monoisotopic (exact) mass is 336 g/mol. The third-order valence-electron chi connectivity index (χ3n) is 3.16. The number of amides is 1. The fraction of sp³-hybridized carbons (Fsp3) is 0.267. The van der Waals surface area contributed by atoms with E-state index in [2.05, 4.69) is 0 Å². The minimum absolute atomic E-state index is 0.129. The lowest BCUT2D eigenvalue weighted by molar-refractivity contribution is -0.310. The van der Waals surface area contributed by atoms with Crippen molar-refractivity contribution in [2.45, 2.75) is 25.8 Å². The normalized spacial score (nSPS) is 18.0. The van der Waals surface area contributed by atoms with Crippen LogP contribution in [0.1, 0.15) is 25.3 Å². The molecule has 1 aromatic rings. The molecule has 0 aliphatic carbocycles. The standard InChI is InChI=1S/C15H15NO4S2/c1-2-3-11(14(19)20)16-13(18)12(22-15(16)21)8-9-4-6-10(17)7-5-9/h4-8,11,17H,2-3H2,1H3,(H,19,20)/p-1. The first-order valence-corrected chi connectivity index (χ1v) is 7.93. The number of hydrogen-bond donors (Lipinski definition) is 1. The molecule has 0 bridgehead atoms.